The molecule has 9 nitrogen and oxygen atoms in total. The van der Waals surface area contributed by atoms with Gasteiger partial charge in [0, 0.05) is 12.5 Å². The zero-order valence-corrected chi connectivity index (χ0v) is 24.8. The van der Waals surface area contributed by atoms with Crippen LogP contribution in [0.2, 0.25) is 0 Å². The molecule has 3 amide bonds. The first-order valence-electron chi connectivity index (χ1n) is 15.3. The van der Waals surface area contributed by atoms with E-state index in [1.165, 1.54) is 4.90 Å². The summed E-state index contributed by atoms with van der Waals surface area (Å²) >= 11 is 0. The minimum Gasteiger partial charge on any atom is -0.459 e. The Balaban J connectivity index is 1.16. The lowest BCUT2D eigenvalue weighted by Crippen LogP contribution is -2.55. The Morgan fingerprint density at radius 1 is 0.864 bits per heavy atom. The van der Waals surface area contributed by atoms with E-state index < -0.39 is 42.5 Å². The molecule has 3 atom stereocenters. The standard InChI is InChI=1S/C35H37N3O6/c1-23-18-31(34(41)38(33(40)30-16-9-17-36-30)20-32(39)43-21-24-10-3-2-4-11-24)37(19-23)35(42)44-22-29-27-14-7-5-12-25(27)26-13-6-8-15-28(26)29/h2-8,10-15,23,29-31,36H,9,16-22H2,1H3/t23-,30?,31-/m0/s1. The van der Waals surface area contributed by atoms with E-state index in [-0.39, 0.29) is 25.0 Å². The van der Waals surface area contributed by atoms with Gasteiger partial charge in [-0.05, 0) is 59.5 Å². The predicted molar refractivity (Wildman–Crippen MR) is 163 cm³/mol. The fourth-order valence-corrected chi connectivity index (χ4v) is 6.60. The minimum atomic E-state index is -0.923. The molecule has 0 bridgehead atoms. The van der Waals surface area contributed by atoms with Crippen molar-refractivity contribution in [1.82, 2.24) is 15.1 Å². The SMILES string of the molecule is C[C@H]1C[C@@H](C(=O)N(CC(=O)OCc2ccccc2)C(=O)C2CCCN2)N(C(=O)OCC2c3ccccc3-c3ccccc32)C1. The number of hydrogen-bond donors (Lipinski definition) is 1. The molecule has 3 aromatic rings. The normalized spacial score (nSPS) is 20.6. The van der Waals surface area contributed by atoms with E-state index in [9.17, 15) is 19.2 Å². The van der Waals surface area contributed by atoms with E-state index in [0.29, 0.717) is 25.9 Å². The van der Waals surface area contributed by atoms with Crippen LogP contribution in [0.15, 0.2) is 78.9 Å². The zero-order valence-electron chi connectivity index (χ0n) is 24.8. The van der Waals surface area contributed by atoms with Gasteiger partial charge in [0.1, 0.15) is 25.8 Å². The van der Waals surface area contributed by atoms with Gasteiger partial charge in [-0.25, -0.2) is 4.79 Å². The van der Waals surface area contributed by atoms with Crippen molar-refractivity contribution in [2.75, 3.05) is 26.2 Å². The third-order valence-corrected chi connectivity index (χ3v) is 8.79. The van der Waals surface area contributed by atoms with Gasteiger partial charge in [-0.3, -0.25) is 24.2 Å². The van der Waals surface area contributed by atoms with E-state index in [4.69, 9.17) is 9.47 Å². The highest BCUT2D eigenvalue weighted by Crippen LogP contribution is 2.44. The number of imide groups is 1. The molecule has 0 spiro atoms. The molecule has 2 heterocycles. The van der Waals surface area contributed by atoms with Crippen LogP contribution in [0.3, 0.4) is 0 Å². The van der Waals surface area contributed by atoms with Gasteiger partial charge in [0.05, 0.1) is 6.04 Å². The maximum atomic E-state index is 14.0. The molecule has 0 radical (unpaired) electrons. The van der Waals surface area contributed by atoms with Gasteiger partial charge in [-0.2, -0.15) is 0 Å². The van der Waals surface area contributed by atoms with Gasteiger partial charge in [0.15, 0.2) is 0 Å². The molecule has 6 rings (SSSR count). The summed E-state index contributed by atoms with van der Waals surface area (Å²) in [6.07, 6.45) is 1.12. The number of fused-ring (bicyclic) bond motifs is 3. The van der Waals surface area contributed by atoms with E-state index >= 15 is 0 Å². The number of rotatable bonds is 8. The molecule has 2 saturated heterocycles. The molecule has 1 N–H and O–H groups in total. The van der Waals surface area contributed by atoms with Gasteiger partial charge >= 0.3 is 12.1 Å². The zero-order chi connectivity index (χ0) is 30.6. The number of hydrogen-bond acceptors (Lipinski definition) is 7. The highest BCUT2D eigenvalue weighted by molar-refractivity contribution is 6.03. The summed E-state index contributed by atoms with van der Waals surface area (Å²) < 4.78 is 11.3. The molecule has 44 heavy (non-hydrogen) atoms. The maximum Gasteiger partial charge on any atom is 0.410 e. The molecule has 3 aliphatic rings. The third kappa shape index (κ3) is 6.10. The van der Waals surface area contributed by atoms with Crippen LogP contribution in [0.4, 0.5) is 4.79 Å². The summed E-state index contributed by atoms with van der Waals surface area (Å²) in [7, 11) is 0. The van der Waals surface area contributed by atoms with Crippen molar-refractivity contribution in [3.8, 4) is 11.1 Å². The Labute approximate surface area is 257 Å². The van der Waals surface area contributed by atoms with Crippen molar-refractivity contribution >= 4 is 23.9 Å². The van der Waals surface area contributed by atoms with Gasteiger partial charge < -0.3 is 14.8 Å². The Morgan fingerprint density at radius 2 is 1.52 bits per heavy atom. The Kier molecular flexibility index (Phi) is 8.74. The Morgan fingerprint density at radius 3 is 2.18 bits per heavy atom. The fourth-order valence-electron chi connectivity index (χ4n) is 6.60. The number of amides is 3. The van der Waals surface area contributed by atoms with Crippen LogP contribution in [-0.2, 0) is 30.5 Å². The number of esters is 1. The summed E-state index contributed by atoms with van der Waals surface area (Å²) in [6.45, 7) is 2.56. The summed E-state index contributed by atoms with van der Waals surface area (Å²) in [5.41, 5.74) is 5.24. The summed E-state index contributed by atoms with van der Waals surface area (Å²) in [5, 5.41) is 3.12. The monoisotopic (exact) mass is 595 g/mol. The van der Waals surface area contributed by atoms with Crippen molar-refractivity contribution in [2.24, 2.45) is 5.92 Å². The molecule has 1 unspecified atom stereocenters. The van der Waals surface area contributed by atoms with Gasteiger partial charge in [-0.1, -0.05) is 85.8 Å². The van der Waals surface area contributed by atoms with Gasteiger partial charge in [0.2, 0.25) is 5.91 Å². The average molecular weight is 596 g/mol. The second kappa shape index (κ2) is 13.0. The second-order valence-electron chi connectivity index (χ2n) is 11.9. The number of benzene rings is 3. The average Bonchev–Trinajstić information content (AvgIpc) is 3.80. The van der Waals surface area contributed by atoms with E-state index in [0.717, 1.165) is 39.1 Å². The van der Waals surface area contributed by atoms with Crippen molar-refractivity contribution in [1.29, 1.82) is 0 Å². The van der Waals surface area contributed by atoms with Crippen molar-refractivity contribution in [3.63, 3.8) is 0 Å². The summed E-state index contributed by atoms with van der Waals surface area (Å²) in [4.78, 5) is 56.4. The lowest BCUT2D eigenvalue weighted by Gasteiger charge is -2.30. The topological polar surface area (TPSA) is 105 Å². The second-order valence-corrected chi connectivity index (χ2v) is 11.9. The Bertz CT molecular complexity index is 1490. The van der Waals surface area contributed by atoms with Crippen LogP contribution in [0.5, 0.6) is 0 Å². The van der Waals surface area contributed by atoms with Crippen molar-refractivity contribution in [2.45, 2.75) is 50.8 Å². The number of likely N-dealkylation sites (tertiary alicyclic amines) is 1. The van der Waals surface area contributed by atoms with Crippen molar-refractivity contribution in [3.05, 3.63) is 95.6 Å². The summed E-state index contributed by atoms with van der Waals surface area (Å²) in [6, 6.07) is 23.9. The first-order chi connectivity index (χ1) is 21.4. The minimum absolute atomic E-state index is 0.0102. The number of carbonyl (C=O) groups is 4. The number of nitrogens with zero attached hydrogens (tertiary/aromatic N) is 2. The van der Waals surface area contributed by atoms with Crippen LogP contribution in [0, 0.1) is 5.92 Å². The lowest BCUT2D eigenvalue weighted by molar-refractivity contribution is -0.158. The fraction of sp³-hybridized carbons (Fsp3) is 0.371. The smallest absolute Gasteiger partial charge is 0.410 e. The largest absolute Gasteiger partial charge is 0.459 e. The van der Waals surface area contributed by atoms with Gasteiger partial charge in [-0.15, -0.1) is 0 Å². The highest BCUT2D eigenvalue weighted by Gasteiger charge is 2.44. The highest BCUT2D eigenvalue weighted by atomic mass is 16.6. The molecule has 3 aromatic carbocycles. The molecule has 0 aromatic heterocycles. The first-order valence-corrected chi connectivity index (χ1v) is 15.3. The van der Waals surface area contributed by atoms with E-state index in [2.05, 4.69) is 29.6 Å². The van der Waals surface area contributed by atoms with Crippen LogP contribution in [-0.4, -0.2) is 72.0 Å². The molecule has 9 heteroatoms. The molecular formula is C35H37N3O6. The van der Waals surface area contributed by atoms with Crippen LogP contribution in [0.1, 0.15) is 48.8 Å². The van der Waals surface area contributed by atoms with Gasteiger partial charge in [0.25, 0.3) is 5.91 Å². The van der Waals surface area contributed by atoms with Crippen LogP contribution >= 0.6 is 0 Å². The predicted octanol–water partition coefficient (Wildman–Crippen LogP) is 4.50. The van der Waals surface area contributed by atoms with Crippen LogP contribution in [0.25, 0.3) is 11.1 Å². The molecule has 0 saturated carbocycles. The molecule has 2 fully saturated rings. The molecule has 228 valence electrons. The quantitative estimate of drug-likeness (QED) is 0.302. The van der Waals surface area contributed by atoms with Crippen molar-refractivity contribution < 1.29 is 28.7 Å². The molecule has 1 aliphatic carbocycles. The number of carbonyl (C=O) groups excluding carboxylic acids is 4. The number of nitrogens with one attached hydrogen (secondary N) is 1. The first kappa shape index (κ1) is 29.6. The summed E-state index contributed by atoms with van der Waals surface area (Å²) in [5.74, 6) is -1.86. The molecule has 2 aliphatic heterocycles. The number of ether oxygens (including phenoxy) is 2. The Hall–Kier alpha value is -4.50. The van der Waals surface area contributed by atoms with E-state index in [1.54, 1.807) is 0 Å². The third-order valence-electron chi connectivity index (χ3n) is 8.79. The maximum absolute atomic E-state index is 14.0. The van der Waals surface area contributed by atoms with E-state index in [1.807, 2.05) is 61.5 Å². The van der Waals surface area contributed by atoms with Crippen LogP contribution < -0.4 is 5.32 Å². The lowest BCUT2D eigenvalue weighted by atomic mass is 9.98. The molecular weight excluding hydrogens is 558 g/mol.